The van der Waals surface area contributed by atoms with Gasteiger partial charge in [0.15, 0.2) is 11.6 Å². The zero-order valence-electron chi connectivity index (χ0n) is 11.3. The van der Waals surface area contributed by atoms with E-state index < -0.39 is 17.5 Å². The molecule has 0 aromatic heterocycles. The minimum atomic E-state index is -1.07. The number of nitrogens with one attached hydrogen (secondary N) is 1. The van der Waals surface area contributed by atoms with Crippen LogP contribution >= 0.6 is 0 Å². The first-order valence-electron chi connectivity index (χ1n) is 6.17. The number of ether oxygens (including phenoxy) is 1. The van der Waals surface area contributed by atoms with Gasteiger partial charge in [0.2, 0.25) is 0 Å². The second kappa shape index (κ2) is 6.21. The molecule has 21 heavy (non-hydrogen) atoms. The Bertz CT molecular complexity index is 675. The largest absolute Gasteiger partial charge is 0.496 e. The molecule has 0 spiro atoms. The number of benzene rings is 2. The molecule has 0 unspecified atom stereocenters. The fourth-order valence-corrected chi connectivity index (χ4v) is 1.85. The Morgan fingerprint density at radius 2 is 1.95 bits per heavy atom. The van der Waals surface area contributed by atoms with E-state index in [1.54, 1.807) is 18.2 Å². The Morgan fingerprint density at radius 3 is 2.62 bits per heavy atom. The maximum absolute atomic E-state index is 13.1. The minimum absolute atomic E-state index is 0.0387. The summed E-state index contributed by atoms with van der Waals surface area (Å²) in [5.41, 5.74) is 6.94. The number of carbonyl (C=O) groups is 1. The molecule has 0 saturated carbocycles. The molecule has 2 aromatic carbocycles. The Morgan fingerprint density at radius 1 is 1.19 bits per heavy atom. The van der Waals surface area contributed by atoms with Gasteiger partial charge in [0.05, 0.1) is 7.11 Å². The van der Waals surface area contributed by atoms with Gasteiger partial charge in [-0.05, 0) is 36.4 Å². The fraction of sp³-hybridized carbons (Fsp3) is 0.133. The van der Waals surface area contributed by atoms with Crippen LogP contribution in [0.15, 0.2) is 36.4 Å². The molecule has 0 bridgehead atoms. The van der Waals surface area contributed by atoms with Crippen LogP contribution in [0, 0.1) is 11.6 Å². The van der Waals surface area contributed by atoms with Crippen molar-refractivity contribution in [1.29, 1.82) is 0 Å². The summed E-state index contributed by atoms with van der Waals surface area (Å²) in [6.45, 7) is 0.159. The van der Waals surface area contributed by atoms with Gasteiger partial charge >= 0.3 is 0 Å². The summed E-state index contributed by atoms with van der Waals surface area (Å²) in [7, 11) is 1.51. The Hall–Kier alpha value is -2.63. The molecule has 4 nitrogen and oxygen atoms in total. The molecule has 0 saturated heterocycles. The lowest BCUT2D eigenvalue weighted by atomic mass is 10.1. The van der Waals surface area contributed by atoms with Gasteiger partial charge in [-0.3, -0.25) is 4.79 Å². The van der Waals surface area contributed by atoms with Crippen LogP contribution < -0.4 is 15.8 Å². The summed E-state index contributed by atoms with van der Waals surface area (Å²) in [4.78, 5) is 11.9. The number of nitrogen functional groups attached to an aromatic ring is 1. The second-order valence-electron chi connectivity index (χ2n) is 4.38. The van der Waals surface area contributed by atoms with E-state index in [2.05, 4.69) is 5.32 Å². The van der Waals surface area contributed by atoms with E-state index in [1.807, 2.05) is 0 Å². The molecular formula is C15H14F2N2O2. The Labute approximate surface area is 120 Å². The fourth-order valence-electron chi connectivity index (χ4n) is 1.85. The van der Waals surface area contributed by atoms with Crippen molar-refractivity contribution in [3.05, 3.63) is 59.2 Å². The second-order valence-corrected chi connectivity index (χ2v) is 4.38. The number of carbonyl (C=O) groups excluding carboxylic acids is 1. The standard InChI is InChI=1S/C15H14F2N2O2/c1-21-14-5-3-11(18)6-10(14)8-19-15(20)9-2-4-12(16)13(17)7-9/h2-7H,8,18H2,1H3,(H,19,20). The summed E-state index contributed by atoms with van der Waals surface area (Å²) in [6.07, 6.45) is 0. The highest BCUT2D eigenvalue weighted by Gasteiger charge is 2.11. The summed E-state index contributed by atoms with van der Waals surface area (Å²) in [5, 5.41) is 2.60. The van der Waals surface area contributed by atoms with Crippen molar-refractivity contribution in [3.8, 4) is 5.75 Å². The van der Waals surface area contributed by atoms with Crippen LogP contribution in [-0.4, -0.2) is 13.0 Å². The van der Waals surface area contributed by atoms with Crippen LogP contribution in [0.25, 0.3) is 0 Å². The average Bonchev–Trinajstić information content (AvgIpc) is 2.47. The van der Waals surface area contributed by atoms with E-state index in [1.165, 1.54) is 13.2 Å². The first kappa shape index (κ1) is 14.8. The minimum Gasteiger partial charge on any atom is -0.496 e. The highest BCUT2D eigenvalue weighted by Crippen LogP contribution is 2.21. The van der Waals surface area contributed by atoms with Gasteiger partial charge in [0.25, 0.3) is 5.91 Å². The molecule has 0 fully saturated rings. The molecule has 3 N–H and O–H groups in total. The SMILES string of the molecule is COc1ccc(N)cc1CNC(=O)c1ccc(F)c(F)c1. The lowest BCUT2D eigenvalue weighted by molar-refractivity contribution is 0.0950. The Balaban J connectivity index is 2.10. The highest BCUT2D eigenvalue weighted by atomic mass is 19.2. The van der Waals surface area contributed by atoms with Crippen molar-refractivity contribution in [1.82, 2.24) is 5.32 Å². The van der Waals surface area contributed by atoms with Crippen molar-refractivity contribution in [2.24, 2.45) is 0 Å². The number of methoxy groups -OCH3 is 1. The van der Waals surface area contributed by atoms with Gasteiger partial charge in [-0.15, -0.1) is 0 Å². The molecule has 0 aliphatic heterocycles. The van der Waals surface area contributed by atoms with Gasteiger partial charge in [-0.25, -0.2) is 8.78 Å². The predicted octanol–water partition coefficient (Wildman–Crippen LogP) is 2.49. The van der Waals surface area contributed by atoms with Crippen molar-refractivity contribution in [2.45, 2.75) is 6.54 Å². The highest BCUT2D eigenvalue weighted by molar-refractivity contribution is 5.94. The monoisotopic (exact) mass is 292 g/mol. The smallest absolute Gasteiger partial charge is 0.251 e. The van der Waals surface area contributed by atoms with Crippen molar-refractivity contribution >= 4 is 11.6 Å². The lowest BCUT2D eigenvalue weighted by Gasteiger charge is -2.10. The zero-order valence-corrected chi connectivity index (χ0v) is 11.3. The number of amides is 1. The number of anilines is 1. The third-order valence-corrected chi connectivity index (χ3v) is 2.93. The van der Waals surface area contributed by atoms with Gasteiger partial charge in [-0.1, -0.05) is 0 Å². The molecule has 6 heteroatoms. The quantitative estimate of drug-likeness (QED) is 0.851. The van der Waals surface area contributed by atoms with Crippen LogP contribution in [0.1, 0.15) is 15.9 Å². The Kier molecular flexibility index (Phi) is 4.37. The first-order chi connectivity index (χ1) is 10.0. The first-order valence-corrected chi connectivity index (χ1v) is 6.17. The van der Waals surface area contributed by atoms with Gasteiger partial charge in [0.1, 0.15) is 5.75 Å². The molecule has 0 aliphatic carbocycles. The molecule has 0 aliphatic rings. The third-order valence-electron chi connectivity index (χ3n) is 2.93. The van der Waals surface area contributed by atoms with Crippen LogP contribution in [0.4, 0.5) is 14.5 Å². The molecule has 110 valence electrons. The van der Waals surface area contributed by atoms with E-state index in [0.717, 1.165) is 12.1 Å². The summed E-state index contributed by atoms with van der Waals surface area (Å²) in [5.74, 6) is -2.00. The molecule has 2 rings (SSSR count). The van der Waals surface area contributed by atoms with E-state index in [4.69, 9.17) is 10.5 Å². The maximum atomic E-state index is 13.1. The third kappa shape index (κ3) is 3.47. The van der Waals surface area contributed by atoms with E-state index in [9.17, 15) is 13.6 Å². The summed E-state index contributed by atoms with van der Waals surface area (Å²) >= 11 is 0. The average molecular weight is 292 g/mol. The molecule has 0 atom stereocenters. The molecular weight excluding hydrogens is 278 g/mol. The summed E-state index contributed by atoms with van der Waals surface area (Å²) in [6, 6.07) is 8.01. The number of halogens is 2. The van der Waals surface area contributed by atoms with Gasteiger partial charge in [-0.2, -0.15) is 0 Å². The van der Waals surface area contributed by atoms with Crippen molar-refractivity contribution < 1.29 is 18.3 Å². The number of nitrogens with two attached hydrogens (primary N) is 1. The zero-order chi connectivity index (χ0) is 15.4. The van der Waals surface area contributed by atoms with Crippen molar-refractivity contribution in [2.75, 3.05) is 12.8 Å². The van der Waals surface area contributed by atoms with Crippen molar-refractivity contribution in [3.63, 3.8) is 0 Å². The van der Waals surface area contributed by atoms with Crippen LogP contribution in [0.2, 0.25) is 0 Å². The topological polar surface area (TPSA) is 64.3 Å². The van der Waals surface area contributed by atoms with E-state index in [0.29, 0.717) is 17.0 Å². The number of hydrogen-bond donors (Lipinski definition) is 2. The van der Waals surface area contributed by atoms with Gasteiger partial charge < -0.3 is 15.8 Å². The predicted molar refractivity (Wildman–Crippen MR) is 74.9 cm³/mol. The molecule has 1 amide bonds. The van der Waals surface area contributed by atoms with Crippen LogP contribution in [0.3, 0.4) is 0 Å². The molecule has 2 aromatic rings. The van der Waals surface area contributed by atoms with E-state index >= 15 is 0 Å². The summed E-state index contributed by atoms with van der Waals surface area (Å²) < 4.78 is 31.1. The number of hydrogen-bond acceptors (Lipinski definition) is 3. The molecule has 0 heterocycles. The lowest BCUT2D eigenvalue weighted by Crippen LogP contribution is -2.23. The van der Waals surface area contributed by atoms with Gasteiger partial charge in [0, 0.05) is 23.4 Å². The normalized spacial score (nSPS) is 10.2. The number of rotatable bonds is 4. The molecule has 0 radical (unpaired) electrons. The maximum Gasteiger partial charge on any atom is 0.251 e. The van der Waals surface area contributed by atoms with E-state index in [-0.39, 0.29) is 12.1 Å². The van der Waals surface area contributed by atoms with Crippen LogP contribution in [-0.2, 0) is 6.54 Å². The van der Waals surface area contributed by atoms with Crippen LogP contribution in [0.5, 0.6) is 5.75 Å².